The molecule has 2 rings (SSSR count). The maximum Gasteiger partial charge on any atom is 0.268 e. The van der Waals surface area contributed by atoms with Crippen LogP contribution in [-0.2, 0) is 4.79 Å². The summed E-state index contributed by atoms with van der Waals surface area (Å²) in [5.41, 5.74) is 1.82. The molecule has 6 heteroatoms. The Morgan fingerprint density at radius 3 is 2.71 bits per heavy atom. The second kappa shape index (κ2) is 7.82. The molecule has 0 radical (unpaired) electrons. The summed E-state index contributed by atoms with van der Waals surface area (Å²) in [7, 11) is 0. The van der Waals surface area contributed by atoms with Gasteiger partial charge in [0.1, 0.15) is 16.0 Å². The molecule has 0 bridgehead atoms. The molecule has 1 aromatic carbocycles. The summed E-state index contributed by atoms with van der Waals surface area (Å²) in [4.78, 5) is 18.9. The first-order chi connectivity index (χ1) is 11.3. The lowest BCUT2D eigenvalue weighted by Gasteiger charge is -2.26. The molecule has 0 atom stereocenters. The van der Waals surface area contributed by atoms with Gasteiger partial charge in [-0.2, -0.15) is 5.26 Å². The number of thiol groups is 1. The SMILES string of the molecule is CC(C)C/C=C(\C#N)C(=O)N(c1ccc2nc(S)sc2c1)C(C)C. The van der Waals surface area contributed by atoms with Gasteiger partial charge in [0.2, 0.25) is 0 Å². The number of rotatable bonds is 5. The molecule has 1 amide bonds. The number of thiazole rings is 1. The van der Waals surface area contributed by atoms with Crippen LogP contribution in [0, 0.1) is 17.2 Å². The first-order valence-electron chi connectivity index (χ1n) is 7.86. The zero-order chi connectivity index (χ0) is 17.9. The molecule has 0 aliphatic rings. The molecule has 1 heterocycles. The average molecular weight is 360 g/mol. The number of fused-ring (bicyclic) bond motifs is 1. The van der Waals surface area contributed by atoms with Crippen LogP contribution in [-0.4, -0.2) is 16.9 Å². The van der Waals surface area contributed by atoms with Crippen molar-refractivity contribution in [3.8, 4) is 6.07 Å². The highest BCUT2D eigenvalue weighted by Crippen LogP contribution is 2.30. The van der Waals surface area contributed by atoms with Crippen molar-refractivity contribution < 1.29 is 4.79 Å². The first kappa shape index (κ1) is 18.5. The normalized spacial score (nSPS) is 12.0. The molecule has 4 nitrogen and oxygen atoms in total. The Labute approximate surface area is 152 Å². The number of nitrogens with zero attached hydrogens (tertiary/aromatic N) is 3. The van der Waals surface area contributed by atoms with E-state index in [4.69, 9.17) is 0 Å². The maximum absolute atomic E-state index is 12.9. The van der Waals surface area contributed by atoms with Gasteiger partial charge >= 0.3 is 0 Å². The number of carbonyl (C=O) groups is 1. The van der Waals surface area contributed by atoms with E-state index in [9.17, 15) is 10.1 Å². The summed E-state index contributed by atoms with van der Waals surface area (Å²) in [6.07, 6.45) is 2.44. The number of hydrogen-bond acceptors (Lipinski definition) is 5. The van der Waals surface area contributed by atoms with Crippen molar-refractivity contribution in [3.05, 3.63) is 29.8 Å². The van der Waals surface area contributed by atoms with Crippen molar-refractivity contribution in [2.75, 3.05) is 4.90 Å². The molecule has 0 aliphatic carbocycles. The summed E-state index contributed by atoms with van der Waals surface area (Å²) >= 11 is 5.75. The van der Waals surface area contributed by atoms with Crippen molar-refractivity contribution in [2.45, 2.75) is 44.5 Å². The molecule has 0 fully saturated rings. The summed E-state index contributed by atoms with van der Waals surface area (Å²) < 4.78 is 1.67. The van der Waals surface area contributed by atoms with Gasteiger partial charge in [-0.3, -0.25) is 4.79 Å². The van der Waals surface area contributed by atoms with E-state index in [1.807, 2.05) is 32.0 Å². The molecular formula is C18H21N3OS2. The van der Waals surface area contributed by atoms with Gasteiger partial charge < -0.3 is 4.90 Å². The van der Waals surface area contributed by atoms with Gasteiger partial charge in [-0.15, -0.1) is 24.0 Å². The molecule has 0 N–H and O–H groups in total. The van der Waals surface area contributed by atoms with E-state index in [-0.39, 0.29) is 17.5 Å². The predicted molar refractivity (Wildman–Crippen MR) is 103 cm³/mol. The molecule has 1 aromatic heterocycles. The topological polar surface area (TPSA) is 57.0 Å². The zero-order valence-electron chi connectivity index (χ0n) is 14.3. The van der Waals surface area contributed by atoms with Crippen molar-refractivity contribution in [1.82, 2.24) is 4.98 Å². The molecule has 0 unspecified atom stereocenters. The Morgan fingerprint density at radius 2 is 2.12 bits per heavy atom. The second-order valence-corrected chi connectivity index (χ2v) is 8.03. The average Bonchev–Trinajstić information content (AvgIpc) is 2.86. The minimum atomic E-state index is -0.261. The molecule has 0 saturated carbocycles. The molecule has 24 heavy (non-hydrogen) atoms. The molecule has 0 aliphatic heterocycles. The highest BCUT2D eigenvalue weighted by Gasteiger charge is 2.23. The fraction of sp³-hybridized carbons (Fsp3) is 0.389. The molecule has 0 saturated heterocycles. The predicted octanol–water partition coefficient (Wildman–Crippen LogP) is 4.82. The van der Waals surface area contributed by atoms with Gasteiger partial charge in [-0.1, -0.05) is 19.9 Å². The lowest BCUT2D eigenvalue weighted by Crippen LogP contribution is -2.37. The van der Waals surface area contributed by atoms with Gasteiger partial charge in [0, 0.05) is 11.7 Å². The summed E-state index contributed by atoms with van der Waals surface area (Å²) in [5.74, 6) is 0.138. The Kier molecular flexibility index (Phi) is 6.03. The Balaban J connectivity index is 2.41. The second-order valence-electron chi connectivity index (χ2n) is 6.28. The molecular weight excluding hydrogens is 338 g/mol. The van der Waals surface area contributed by atoms with Crippen LogP contribution < -0.4 is 4.90 Å². The minimum absolute atomic E-state index is 0.0610. The van der Waals surface area contributed by atoms with Crippen LogP contribution in [0.4, 0.5) is 5.69 Å². The summed E-state index contributed by atoms with van der Waals surface area (Å²) in [6.45, 7) is 8.00. The molecule has 0 spiro atoms. The van der Waals surface area contributed by atoms with Crippen molar-refractivity contribution in [2.24, 2.45) is 5.92 Å². The molecule has 126 valence electrons. The van der Waals surface area contributed by atoms with Gasteiger partial charge in [-0.25, -0.2) is 4.98 Å². The smallest absolute Gasteiger partial charge is 0.268 e. The minimum Gasteiger partial charge on any atom is -0.305 e. The van der Waals surface area contributed by atoms with Crippen molar-refractivity contribution >= 4 is 45.8 Å². The maximum atomic E-state index is 12.9. The third-order valence-corrected chi connectivity index (χ3v) is 4.71. The van der Waals surface area contributed by atoms with Gasteiger partial charge in [-0.05, 0) is 44.4 Å². The quantitative estimate of drug-likeness (QED) is 0.473. The van der Waals surface area contributed by atoms with Crippen LogP contribution in [0.2, 0.25) is 0 Å². The van der Waals surface area contributed by atoms with Crippen molar-refractivity contribution in [3.63, 3.8) is 0 Å². The van der Waals surface area contributed by atoms with E-state index in [1.165, 1.54) is 11.3 Å². The monoisotopic (exact) mass is 359 g/mol. The molecule has 2 aromatic rings. The zero-order valence-corrected chi connectivity index (χ0v) is 16.0. The largest absolute Gasteiger partial charge is 0.305 e. The fourth-order valence-electron chi connectivity index (χ4n) is 2.36. The number of carbonyl (C=O) groups excluding carboxylic acids is 1. The Hall–Kier alpha value is -1.84. The van der Waals surface area contributed by atoms with Crippen LogP contribution in [0.5, 0.6) is 0 Å². The van der Waals surface area contributed by atoms with Crippen molar-refractivity contribution in [1.29, 1.82) is 5.26 Å². The van der Waals surface area contributed by atoms with E-state index in [1.54, 1.807) is 11.0 Å². The lowest BCUT2D eigenvalue weighted by atomic mass is 10.1. The third kappa shape index (κ3) is 4.16. The highest BCUT2D eigenvalue weighted by atomic mass is 32.2. The number of benzene rings is 1. The van der Waals surface area contributed by atoms with E-state index < -0.39 is 0 Å². The van der Waals surface area contributed by atoms with Gasteiger partial charge in [0.25, 0.3) is 5.91 Å². The van der Waals surface area contributed by atoms with E-state index in [2.05, 4.69) is 37.5 Å². The highest BCUT2D eigenvalue weighted by molar-refractivity contribution is 7.82. The van der Waals surface area contributed by atoms with Crippen LogP contribution in [0.15, 0.2) is 34.2 Å². The number of amides is 1. The van der Waals surface area contributed by atoms with Gasteiger partial charge in [0.15, 0.2) is 0 Å². The first-order valence-corrected chi connectivity index (χ1v) is 9.13. The third-order valence-electron chi connectivity index (χ3n) is 3.52. The number of hydrogen-bond donors (Lipinski definition) is 1. The van der Waals surface area contributed by atoms with Crippen LogP contribution in [0.25, 0.3) is 10.2 Å². The standard InChI is InChI=1S/C18H21N3OS2/c1-11(2)5-6-13(10-19)17(22)21(12(3)4)14-7-8-15-16(9-14)24-18(23)20-15/h6-9,11-12H,5H2,1-4H3,(H,20,23)/b13-6+. The summed E-state index contributed by atoms with van der Waals surface area (Å²) in [6, 6.07) is 7.67. The van der Waals surface area contributed by atoms with Gasteiger partial charge in [0.05, 0.1) is 10.2 Å². The van der Waals surface area contributed by atoms with E-state index in [0.29, 0.717) is 16.7 Å². The number of anilines is 1. The van der Waals surface area contributed by atoms with Crippen LogP contribution in [0.3, 0.4) is 0 Å². The lowest BCUT2D eigenvalue weighted by molar-refractivity contribution is -0.115. The van der Waals surface area contributed by atoms with Crippen LogP contribution in [0.1, 0.15) is 34.1 Å². The van der Waals surface area contributed by atoms with E-state index >= 15 is 0 Å². The fourth-order valence-corrected chi connectivity index (χ4v) is 3.51. The number of allylic oxidation sites excluding steroid dienone is 1. The Morgan fingerprint density at radius 1 is 1.42 bits per heavy atom. The van der Waals surface area contributed by atoms with Crippen LogP contribution >= 0.6 is 24.0 Å². The number of nitriles is 1. The Bertz CT molecular complexity index is 815. The summed E-state index contributed by atoms with van der Waals surface area (Å²) in [5, 5.41) is 9.38. The number of aromatic nitrogens is 1. The van der Waals surface area contributed by atoms with E-state index in [0.717, 1.165) is 15.9 Å².